The summed E-state index contributed by atoms with van der Waals surface area (Å²) in [6, 6.07) is 10.1. The number of nitrogens with zero attached hydrogens (tertiary/aromatic N) is 2. The maximum absolute atomic E-state index is 12.8. The standard InChI is InChI=1S/C15H11F3N2O3/c16-15(17,18)14(23)20(9-10-4-2-1-3-5-10)11-6-7-19-12(8-11)13(21)22/h1-8H,9H2,(H,21,22). The Morgan fingerprint density at radius 3 is 2.35 bits per heavy atom. The number of rotatable bonds is 4. The van der Waals surface area contributed by atoms with Gasteiger partial charge in [-0.05, 0) is 17.7 Å². The van der Waals surface area contributed by atoms with Crippen LogP contribution in [0.5, 0.6) is 0 Å². The number of benzene rings is 1. The number of hydrogen-bond acceptors (Lipinski definition) is 3. The van der Waals surface area contributed by atoms with Crippen LogP contribution in [0.2, 0.25) is 0 Å². The third-order valence-electron chi connectivity index (χ3n) is 2.95. The Kier molecular flexibility index (Phi) is 4.63. The van der Waals surface area contributed by atoms with Crippen molar-refractivity contribution in [2.45, 2.75) is 12.7 Å². The molecule has 0 atom stereocenters. The average molecular weight is 324 g/mol. The molecule has 8 heteroatoms. The van der Waals surface area contributed by atoms with Gasteiger partial charge in [0.2, 0.25) is 0 Å². The Morgan fingerprint density at radius 1 is 1.13 bits per heavy atom. The van der Waals surface area contributed by atoms with Gasteiger partial charge in [-0.3, -0.25) is 4.79 Å². The van der Waals surface area contributed by atoms with E-state index in [1.54, 1.807) is 30.3 Å². The predicted molar refractivity (Wildman–Crippen MR) is 74.9 cm³/mol. The number of aromatic carboxylic acids is 1. The molecule has 0 fully saturated rings. The van der Waals surface area contributed by atoms with E-state index in [-0.39, 0.29) is 12.2 Å². The molecule has 1 aromatic carbocycles. The van der Waals surface area contributed by atoms with Gasteiger partial charge < -0.3 is 10.0 Å². The lowest BCUT2D eigenvalue weighted by atomic mass is 10.2. The first-order valence-electron chi connectivity index (χ1n) is 6.41. The first kappa shape index (κ1) is 16.5. The largest absolute Gasteiger partial charge is 0.477 e. The number of carboxylic acids is 1. The smallest absolute Gasteiger partial charge is 0.471 e. The number of carboxylic acid groups (broad SMARTS) is 1. The van der Waals surface area contributed by atoms with E-state index in [0.29, 0.717) is 10.5 Å². The van der Waals surface area contributed by atoms with Crippen LogP contribution in [0.1, 0.15) is 16.1 Å². The van der Waals surface area contributed by atoms with Gasteiger partial charge in [-0.2, -0.15) is 13.2 Å². The Morgan fingerprint density at radius 2 is 1.78 bits per heavy atom. The zero-order valence-electron chi connectivity index (χ0n) is 11.6. The molecule has 5 nitrogen and oxygen atoms in total. The van der Waals surface area contributed by atoms with E-state index in [4.69, 9.17) is 5.11 Å². The van der Waals surface area contributed by atoms with Gasteiger partial charge in [0.05, 0.1) is 6.54 Å². The van der Waals surface area contributed by atoms with Crippen LogP contribution in [-0.4, -0.2) is 28.1 Å². The van der Waals surface area contributed by atoms with Gasteiger partial charge in [-0.1, -0.05) is 30.3 Å². The van der Waals surface area contributed by atoms with Crippen molar-refractivity contribution in [1.82, 2.24) is 4.98 Å². The number of alkyl halides is 3. The van der Waals surface area contributed by atoms with Crippen LogP contribution in [0, 0.1) is 0 Å². The molecule has 0 bridgehead atoms. The summed E-state index contributed by atoms with van der Waals surface area (Å²) in [6.45, 7) is -0.345. The molecule has 0 aliphatic rings. The van der Waals surface area contributed by atoms with E-state index in [1.165, 1.54) is 0 Å². The number of halogens is 3. The molecule has 120 valence electrons. The van der Waals surface area contributed by atoms with Crippen LogP contribution in [0.4, 0.5) is 18.9 Å². The second-order valence-corrected chi connectivity index (χ2v) is 4.58. The maximum atomic E-state index is 12.8. The molecule has 1 heterocycles. The van der Waals surface area contributed by atoms with Crippen LogP contribution in [0.25, 0.3) is 0 Å². The van der Waals surface area contributed by atoms with Crippen molar-refractivity contribution in [3.8, 4) is 0 Å². The lowest BCUT2D eigenvalue weighted by Gasteiger charge is -2.24. The van der Waals surface area contributed by atoms with Crippen molar-refractivity contribution in [1.29, 1.82) is 0 Å². The van der Waals surface area contributed by atoms with Gasteiger partial charge in [-0.25, -0.2) is 9.78 Å². The first-order chi connectivity index (χ1) is 10.8. The van der Waals surface area contributed by atoms with Gasteiger partial charge in [0, 0.05) is 11.9 Å². The van der Waals surface area contributed by atoms with E-state index < -0.39 is 23.7 Å². The Bertz CT molecular complexity index is 717. The highest BCUT2D eigenvalue weighted by Crippen LogP contribution is 2.25. The summed E-state index contributed by atoms with van der Waals surface area (Å²) in [5.74, 6) is -3.48. The zero-order valence-corrected chi connectivity index (χ0v) is 11.6. The quantitative estimate of drug-likeness (QED) is 0.939. The number of carbonyl (C=O) groups excluding carboxylic acids is 1. The Hall–Kier alpha value is -2.90. The fourth-order valence-electron chi connectivity index (χ4n) is 1.90. The number of aromatic nitrogens is 1. The van der Waals surface area contributed by atoms with Crippen molar-refractivity contribution >= 4 is 17.6 Å². The van der Waals surface area contributed by atoms with Crippen molar-refractivity contribution in [3.05, 3.63) is 59.9 Å². The summed E-state index contributed by atoms with van der Waals surface area (Å²) >= 11 is 0. The summed E-state index contributed by atoms with van der Waals surface area (Å²) in [4.78, 5) is 26.6. The molecule has 0 saturated carbocycles. The molecule has 2 rings (SSSR count). The molecule has 2 aromatic rings. The molecule has 0 aliphatic carbocycles. The van der Waals surface area contributed by atoms with Crippen LogP contribution in [0.15, 0.2) is 48.7 Å². The normalized spacial score (nSPS) is 11.1. The summed E-state index contributed by atoms with van der Waals surface area (Å²) in [5, 5.41) is 8.89. The van der Waals surface area contributed by atoms with Gasteiger partial charge in [0.1, 0.15) is 5.69 Å². The molecule has 0 radical (unpaired) electrons. The van der Waals surface area contributed by atoms with Crippen LogP contribution in [0.3, 0.4) is 0 Å². The second-order valence-electron chi connectivity index (χ2n) is 4.58. The van der Waals surface area contributed by atoms with Crippen LogP contribution < -0.4 is 4.90 Å². The van der Waals surface area contributed by atoms with Crippen LogP contribution in [-0.2, 0) is 11.3 Å². The number of hydrogen-bond donors (Lipinski definition) is 1. The predicted octanol–water partition coefficient (Wildman–Crippen LogP) is 2.88. The molecule has 1 N–H and O–H groups in total. The second kappa shape index (κ2) is 6.47. The van der Waals surface area contributed by atoms with Gasteiger partial charge in [-0.15, -0.1) is 0 Å². The molecule has 0 unspecified atom stereocenters. The van der Waals surface area contributed by atoms with Crippen molar-refractivity contribution in [3.63, 3.8) is 0 Å². The molecule has 23 heavy (non-hydrogen) atoms. The minimum atomic E-state index is -5.08. The SMILES string of the molecule is O=C(O)c1cc(N(Cc2ccccc2)C(=O)C(F)(F)F)ccn1. The third-order valence-corrected chi connectivity index (χ3v) is 2.95. The van der Waals surface area contributed by atoms with Crippen molar-refractivity contribution in [2.24, 2.45) is 0 Å². The molecular weight excluding hydrogens is 313 g/mol. The molecule has 1 amide bonds. The van der Waals surface area contributed by atoms with Gasteiger partial charge in [0.25, 0.3) is 0 Å². The molecule has 1 aromatic heterocycles. The lowest BCUT2D eigenvalue weighted by molar-refractivity contribution is -0.170. The fraction of sp³-hybridized carbons (Fsp3) is 0.133. The van der Waals surface area contributed by atoms with E-state index in [1.807, 2.05) is 0 Å². The summed E-state index contributed by atoms with van der Waals surface area (Å²) < 4.78 is 38.5. The highest BCUT2D eigenvalue weighted by Gasteiger charge is 2.43. The van der Waals surface area contributed by atoms with Gasteiger partial charge >= 0.3 is 18.1 Å². The number of pyridine rings is 1. The third kappa shape index (κ3) is 4.06. The molecule has 0 saturated heterocycles. The number of amides is 1. The molecular formula is C15H11F3N2O3. The van der Waals surface area contributed by atoms with E-state index >= 15 is 0 Å². The van der Waals surface area contributed by atoms with Crippen molar-refractivity contribution < 1.29 is 27.9 Å². The van der Waals surface area contributed by atoms with E-state index in [9.17, 15) is 22.8 Å². The average Bonchev–Trinajstić information content (AvgIpc) is 2.52. The number of anilines is 1. The minimum Gasteiger partial charge on any atom is -0.477 e. The topological polar surface area (TPSA) is 70.5 Å². The van der Waals surface area contributed by atoms with E-state index in [2.05, 4.69) is 4.98 Å². The Labute approximate surface area is 129 Å². The van der Waals surface area contributed by atoms with Crippen LogP contribution >= 0.6 is 0 Å². The lowest BCUT2D eigenvalue weighted by Crippen LogP contribution is -2.41. The van der Waals surface area contributed by atoms with Gasteiger partial charge in [0.15, 0.2) is 0 Å². The Balaban J connectivity index is 2.43. The first-order valence-corrected chi connectivity index (χ1v) is 6.41. The minimum absolute atomic E-state index is 0.191. The maximum Gasteiger partial charge on any atom is 0.471 e. The molecule has 0 aliphatic heterocycles. The highest BCUT2D eigenvalue weighted by molar-refractivity contribution is 5.98. The highest BCUT2D eigenvalue weighted by atomic mass is 19.4. The zero-order chi connectivity index (χ0) is 17.0. The van der Waals surface area contributed by atoms with E-state index in [0.717, 1.165) is 18.3 Å². The fourth-order valence-corrected chi connectivity index (χ4v) is 1.90. The molecule has 0 spiro atoms. The summed E-state index contributed by atoms with van der Waals surface area (Å²) in [7, 11) is 0. The number of carbonyl (C=O) groups is 2. The van der Waals surface area contributed by atoms with Crippen molar-refractivity contribution in [2.75, 3.05) is 4.90 Å². The summed E-state index contributed by atoms with van der Waals surface area (Å²) in [6.07, 6.45) is -4.04. The monoisotopic (exact) mass is 324 g/mol. The summed E-state index contributed by atoms with van der Waals surface area (Å²) in [5.41, 5.74) is -0.169.